The number of piperazine rings is 1. The summed E-state index contributed by atoms with van der Waals surface area (Å²) in [7, 11) is 0. The summed E-state index contributed by atoms with van der Waals surface area (Å²) in [5.41, 5.74) is 1.30. The SMILES string of the molecule is CCOC(=O)CSCC(=O)N1CCN(Cc2ccccc2)CC1. The fraction of sp³-hybridized carbons (Fsp3) is 0.529. The van der Waals surface area contributed by atoms with Crippen LogP contribution in [0.3, 0.4) is 0 Å². The van der Waals surface area contributed by atoms with Crippen LogP contribution in [0.15, 0.2) is 30.3 Å². The van der Waals surface area contributed by atoms with Crippen molar-refractivity contribution >= 4 is 23.6 Å². The first-order valence-electron chi connectivity index (χ1n) is 7.96. The Bertz CT molecular complexity index is 502. The molecule has 23 heavy (non-hydrogen) atoms. The van der Waals surface area contributed by atoms with E-state index >= 15 is 0 Å². The van der Waals surface area contributed by atoms with Crippen molar-refractivity contribution in [1.29, 1.82) is 0 Å². The molecule has 1 saturated heterocycles. The molecule has 1 heterocycles. The van der Waals surface area contributed by atoms with Crippen molar-refractivity contribution in [3.63, 3.8) is 0 Å². The summed E-state index contributed by atoms with van der Waals surface area (Å²) in [6, 6.07) is 10.4. The van der Waals surface area contributed by atoms with Gasteiger partial charge < -0.3 is 9.64 Å². The van der Waals surface area contributed by atoms with Gasteiger partial charge in [-0.25, -0.2) is 0 Å². The predicted octanol–water partition coefficient (Wildman–Crippen LogP) is 1.63. The first kappa shape index (κ1) is 17.8. The van der Waals surface area contributed by atoms with Crippen LogP contribution in [-0.2, 0) is 20.9 Å². The van der Waals surface area contributed by atoms with E-state index in [-0.39, 0.29) is 17.6 Å². The number of ether oxygens (including phenoxy) is 1. The molecule has 0 atom stereocenters. The number of esters is 1. The molecule has 1 aromatic carbocycles. The highest BCUT2D eigenvalue weighted by molar-refractivity contribution is 8.00. The van der Waals surface area contributed by atoms with Gasteiger partial charge in [0, 0.05) is 32.7 Å². The minimum atomic E-state index is -0.252. The second-order valence-corrected chi connectivity index (χ2v) is 6.43. The number of hydrogen-bond acceptors (Lipinski definition) is 5. The number of amides is 1. The Hall–Kier alpha value is -1.53. The van der Waals surface area contributed by atoms with Crippen LogP contribution in [0.2, 0.25) is 0 Å². The summed E-state index contributed by atoms with van der Waals surface area (Å²) in [5.74, 6) is 0.446. The topological polar surface area (TPSA) is 49.9 Å². The number of rotatable bonds is 7. The zero-order chi connectivity index (χ0) is 16.5. The van der Waals surface area contributed by atoms with E-state index < -0.39 is 0 Å². The molecule has 1 aromatic rings. The molecule has 1 aliphatic heterocycles. The zero-order valence-corrected chi connectivity index (χ0v) is 14.4. The van der Waals surface area contributed by atoms with Gasteiger partial charge in [-0.1, -0.05) is 30.3 Å². The van der Waals surface area contributed by atoms with Crippen LogP contribution in [0.5, 0.6) is 0 Å². The lowest BCUT2D eigenvalue weighted by Gasteiger charge is -2.34. The maximum Gasteiger partial charge on any atom is 0.315 e. The number of nitrogens with zero attached hydrogens (tertiary/aromatic N) is 2. The molecular weight excluding hydrogens is 312 g/mol. The molecule has 1 amide bonds. The van der Waals surface area contributed by atoms with E-state index in [9.17, 15) is 9.59 Å². The molecule has 1 aliphatic rings. The van der Waals surface area contributed by atoms with Gasteiger partial charge in [-0.15, -0.1) is 11.8 Å². The number of carbonyl (C=O) groups excluding carboxylic acids is 2. The van der Waals surface area contributed by atoms with Crippen LogP contribution in [0.25, 0.3) is 0 Å². The highest BCUT2D eigenvalue weighted by Crippen LogP contribution is 2.10. The fourth-order valence-corrected chi connectivity index (χ4v) is 3.22. The standard InChI is InChI=1S/C17H24N2O3S/c1-2-22-17(21)14-23-13-16(20)19-10-8-18(9-11-19)12-15-6-4-3-5-7-15/h3-7H,2,8-14H2,1H3. The van der Waals surface area contributed by atoms with Gasteiger partial charge in [-0.05, 0) is 12.5 Å². The second-order valence-electron chi connectivity index (χ2n) is 5.44. The summed E-state index contributed by atoms with van der Waals surface area (Å²) >= 11 is 1.33. The monoisotopic (exact) mass is 336 g/mol. The third kappa shape index (κ3) is 6.23. The maximum atomic E-state index is 12.1. The van der Waals surface area contributed by atoms with Crippen molar-refractivity contribution in [3.8, 4) is 0 Å². The van der Waals surface area contributed by atoms with Gasteiger partial charge in [0.25, 0.3) is 0 Å². The number of carbonyl (C=O) groups is 2. The summed E-state index contributed by atoms with van der Waals surface area (Å²) in [5, 5.41) is 0. The molecule has 5 nitrogen and oxygen atoms in total. The van der Waals surface area contributed by atoms with Crippen molar-refractivity contribution in [2.45, 2.75) is 13.5 Å². The predicted molar refractivity (Wildman–Crippen MR) is 92.3 cm³/mol. The maximum absolute atomic E-state index is 12.1. The fourth-order valence-electron chi connectivity index (χ4n) is 2.51. The Morgan fingerprint density at radius 1 is 1.09 bits per heavy atom. The molecule has 0 aromatic heterocycles. The van der Waals surface area contributed by atoms with Crippen LogP contribution in [0, 0.1) is 0 Å². The van der Waals surface area contributed by atoms with Gasteiger partial charge in [0.1, 0.15) is 0 Å². The van der Waals surface area contributed by atoms with Crippen molar-refractivity contribution in [1.82, 2.24) is 9.80 Å². The lowest BCUT2D eigenvalue weighted by molar-refractivity contribution is -0.139. The molecule has 1 fully saturated rings. The number of thioether (sulfide) groups is 1. The summed E-state index contributed by atoms with van der Waals surface area (Å²) < 4.78 is 4.85. The van der Waals surface area contributed by atoms with E-state index in [0.717, 1.165) is 32.7 Å². The molecule has 6 heteroatoms. The van der Waals surface area contributed by atoms with Crippen molar-refractivity contribution < 1.29 is 14.3 Å². The minimum Gasteiger partial charge on any atom is -0.465 e. The highest BCUT2D eigenvalue weighted by atomic mass is 32.2. The molecule has 0 bridgehead atoms. The van der Waals surface area contributed by atoms with Crippen LogP contribution in [0.1, 0.15) is 12.5 Å². The van der Waals surface area contributed by atoms with Gasteiger partial charge in [-0.3, -0.25) is 14.5 Å². The van der Waals surface area contributed by atoms with Crippen LogP contribution in [-0.4, -0.2) is 66.0 Å². The lowest BCUT2D eigenvalue weighted by Crippen LogP contribution is -2.48. The van der Waals surface area contributed by atoms with Gasteiger partial charge in [0.15, 0.2) is 0 Å². The summed E-state index contributed by atoms with van der Waals surface area (Å²) in [6.45, 7) is 6.39. The molecule has 0 radical (unpaired) electrons. The van der Waals surface area contributed by atoms with E-state index in [1.807, 2.05) is 11.0 Å². The smallest absolute Gasteiger partial charge is 0.315 e. The molecule has 0 N–H and O–H groups in total. The summed E-state index contributed by atoms with van der Waals surface area (Å²) in [6.07, 6.45) is 0. The van der Waals surface area contributed by atoms with Crippen LogP contribution in [0.4, 0.5) is 0 Å². The van der Waals surface area contributed by atoms with Crippen molar-refractivity contribution in [2.75, 3.05) is 44.3 Å². The Morgan fingerprint density at radius 3 is 2.43 bits per heavy atom. The van der Waals surface area contributed by atoms with E-state index in [1.54, 1.807) is 6.92 Å². The normalized spacial score (nSPS) is 15.4. The molecule has 0 spiro atoms. The molecule has 0 saturated carbocycles. The molecule has 0 aliphatic carbocycles. The Morgan fingerprint density at radius 2 is 1.78 bits per heavy atom. The largest absolute Gasteiger partial charge is 0.465 e. The van der Waals surface area contributed by atoms with E-state index in [1.165, 1.54) is 17.3 Å². The van der Waals surface area contributed by atoms with Crippen molar-refractivity contribution in [3.05, 3.63) is 35.9 Å². The summed E-state index contributed by atoms with van der Waals surface area (Å²) in [4.78, 5) is 27.6. The number of hydrogen-bond donors (Lipinski definition) is 0. The zero-order valence-electron chi connectivity index (χ0n) is 13.6. The van der Waals surface area contributed by atoms with Crippen molar-refractivity contribution in [2.24, 2.45) is 0 Å². The van der Waals surface area contributed by atoms with E-state index in [2.05, 4.69) is 29.2 Å². The van der Waals surface area contributed by atoms with Gasteiger partial charge in [0.05, 0.1) is 18.1 Å². The molecular formula is C17H24N2O3S. The number of benzene rings is 1. The average molecular weight is 336 g/mol. The second kappa shape index (κ2) is 9.57. The van der Waals surface area contributed by atoms with Gasteiger partial charge in [-0.2, -0.15) is 0 Å². The Kier molecular flexibility index (Phi) is 7.42. The van der Waals surface area contributed by atoms with Gasteiger partial charge >= 0.3 is 5.97 Å². The third-order valence-corrected chi connectivity index (χ3v) is 4.62. The van der Waals surface area contributed by atoms with Crippen LogP contribution >= 0.6 is 11.8 Å². The first-order valence-corrected chi connectivity index (χ1v) is 9.12. The first-order chi connectivity index (χ1) is 11.2. The Balaban J connectivity index is 1.65. The van der Waals surface area contributed by atoms with E-state index in [4.69, 9.17) is 4.74 Å². The molecule has 126 valence electrons. The molecule has 0 unspecified atom stereocenters. The lowest BCUT2D eigenvalue weighted by atomic mass is 10.2. The molecule has 2 rings (SSSR count). The minimum absolute atomic E-state index is 0.110. The van der Waals surface area contributed by atoms with Crippen LogP contribution < -0.4 is 0 Å². The average Bonchev–Trinajstić information content (AvgIpc) is 2.56. The quantitative estimate of drug-likeness (QED) is 0.708. The van der Waals surface area contributed by atoms with E-state index in [0.29, 0.717) is 12.4 Å². The highest BCUT2D eigenvalue weighted by Gasteiger charge is 2.21. The third-order valence-electron chi connectivity index (χ3n) is 3.72. The van der Waals surface area contributed by atoms with Gasteiger partial charge in [0.2, 0.25) is 5.91 Å². The Labute approximate surface area is 142 Å².